The maximum Gasteiger partial charge on any atom is 0.267 e. The maximum atomic E-state index is 13.1. The van der Waals surface area contributed by atoms with E-state index in [2.05, 4.69) is 10.3 Å². The second-order valence-corrected chi connectivity index (χ2v) is 5.89. The smallest absolute Gasteiger partial charge is 0.267 e. The molecule has 3 rings (SSSR count). The van der Waals surface area contributed by atoms with Gasteiger partial charge >= 0.3 is 0 Å². The van der Waals surface area contributed by atoms with E-state index in [1.54, 1.807) is 12.3 Å². The van der Waals surface area contributed by atoms with Crippen LogP contribution in [0, 0.1) is 18.3 Å². The van der Waals surface area contributed by atoms with Crippen LogP contribution in [0.1, 0.15) is 11.1 Å². The summed E-state index contributed by atoms with van der Waals surface area (Å²) >= 11 is 0. The highest BCUT2D eigenvalue weighted by Gasteiger charge is 2.21. The summed E-state index contributed by atoms with van der Waals surface area (Å²) < 4.78 is 6.81. The Kier molecular flexibility index (Phi) is 5.00. The van der Waals surface area contributed by atoms with Gasteiger partial charge in [0.15, 0.2) is 0 Å². The quantitative estimate of drug-likeness (QED) is 0.637. The number of likely N-dealkylation sites (N-methyl/N-ethyl adjacent to an activating group) is 1. The molecule has 0 unspecified atom stereocenters. The van der Waals surface area contributed by atoms with E-state index in [9.17, 15) is 14.9 Å². The zero-order chi connectivity index (χ0) is 18.7. The van der Waals surface area contributed by atoms with E-state index in [1.165, 1.54) is 17.5 Å². The third-order valence-electron chi connectivity index (χ3n) is 4.26. The molecule has 0 spiro atoms. The molecule has 0 atom stereocenters. The lowest BCUT2D eigenvalue weighted by molar-refractivity contribution is -0.116. The first-order valence-corrected chi connectivity index (χ1v) is 8.25. The number of fused-ring (bicyclic) bond motifs is 1. The van der Waals surface area contributed by atoms with Crippen LogP contribution in [-0.2, 0) is 9.53 Å². The van der Waals surface area contributed by atoms with E-state index in [0.29, 0.717) is 37.8 Å². The van der Waals surface area contributed by atoms with Crippen molar-refractivity contribution in [3.05, 3.63) is 45.4 Å². The number of nitrogens with zero attached hydrogens (tertiary/aromatic N) is 4. The van der Waals surface area contributed by atoms with Gasteiger partial charge in [-0.2, -0.15) is 5.26 Å². The number of morpholine rings is 1. The van der Waals surface area contributed by atoms with E-state index in [4.69, 9.17) is 4.74 Å². The van der Waals surface area contributed by atoms with Crippen molar-refractivity contribution in [2.45, 2.75) is 6.92 Å². The molecule has 0 saturated carbocycles. The van der Waals surface area contributed by atoms with Gasteiger partial charge in [-0.25, -0.2) is 4.98 Å². The number of hydrogen-bond acceptors (Lipinski definition) is 6. The normalized spacial score (nSPS) is 15.0. The predicted octanol–water partition coefficient (Wildman–Crippen LogP) is 0.492. The summed E-state index contributed by atoms with van der Waals surface area (Å²) in [6.45, 7) is 4.09. The molecule has 1 fully saturated rings. The highest BCUT2D eigenvalue weighted by atomic mass is 16.5. The molecule has 0 bridgehead atoms. The van der Waals surface area contributed by atoms with Gasteiger partial charge in [0.1, 0.15) is 23.1 Å². The van der Waals surface area contributed by atoms with Crippen LogP contribution in [0.3, 0.4) is 0 Å². The molecule has 1 saturated heterocycles. The lowest BCUT2D eigenvalue weighted by atomic mass is 10.1. The van der Waals surface area contributed by atoms with Crippen LogP contribution >= 0.6 is 0 Å². The number of rotatable bonds is 3. The van der Waals surface area contributed by atoms with Crippen molar-refractivity contribution in [1.29, 1.82) is 5.26 Å². The highest BCUT2D eigenvalue weighted by molar-refractivity contribution is 6.02. The lowest BCUT2D eigenvalue weighted by Gasteiger charge is -2.29. The minimum Gasteiger partial charge on any atom is -0.378 e. The first-order chi connectivity index (χ1) is 12.6. The summed E-state index contributed by atoms with van der Waals surface area (Å²) in [4.78, 5) is 31.6. The number of nitriles is 1. The average molecular weight is 353 g/mol. The third-order valence-corrected chi connectivity index (χ3v) is 4.26. The van der Waals surface area contributed by atoms with E-state index in [1.807, 2.05) is 24.0 Å². The minimum absolute atomic E-state index is 0.145. The van der Waals surface area contributed by atoms with Gasteiger partial charge in [-0.3, -0.25) is 14.0 Å². The molecule has 1 aliphatic heterocycles. The molecule has 1 aliphatic rings. The summed E-state index contributed by atoms with van der Waals surface area (Å²) in [6.07, 6.45) is 2.94. The Bertz CT molecular complexity index is 981. The molecule has 134 valence electrons. The molecule has 2 aromatic heterocycles. The zero-order valence-electron chi connectivity index (χ0n) is 14.7. The Hall–Kier alpha value is -3.18. The van der Waals surface area contributed by atoms with Crippen molar-refractivity contribution < 1.29 is 9.53 Å². The Balaban J connectivity index is 2.30. The summed E-state index contributed by atoms with van der Waals surface area (Å²) in [5.74, 6) is -0.0848. The molecule has 0 aliphatic carbocycles. The van der Waals surface area contributed by atoms with Gasteiger partial charge in [0, 0.05) is 26.3 Å². The first kappa shape index (κ1) is 17.6. The van der Waals surface area contributed by atoms with E-state index in [0.717, 1.165) is 5.56 Å². The number of nitrogens with one attached hydrogen (secondary N) is 1. The largest absolute Gasteiger partial charge is 0.378 e. The Morgan fingerprint density at radius 3 is 2.81 bits per heavy atom. The van der Waals surface area contributed by atoms with Gasteiger partial charge in [0.05, 0.1) is 18.8 Å². The van der Waals surface area contributed by atoms with Crippen LogP contribution in [0.2, 0.25) is 0 Å². The summed E-state index contributed by atoms with van der Waals surface area (Å²) in [5.41, 5.74) is 1.16. The van der Waals surface area contributed by atoms with Crippen molar-refractivity contribution in [3.63, 3.8) is 0 Å². The minimum atomic E-state index is -0.547. The van der Waals surface area contributed by atoms with Gasteiger partial charge in [-0.05, 0) is 24.6 Å². The van der Waals surface area contributed by atoms with Gasteiger partial charge in [0.25, 0.3) is 11.5 Å². The fraction of sp³-hybridized carbons (Fsp3) is 0.333. The van der Waals surface area contributed by atoms with Crippen molar-refractivity contribution in [2.75, 3.05) is 38.3 Å². The van der Waals surface area contributed by atoms with Crippen LogP contribution in [0.15, 0.2) is 28.7 Å². The number of aryl methyl sites for hydroxylation is 1. The molecular weight excluding hydrogens is 334 g/mol. The van der Waals surface area contributed by atoms with Crippen molar-refractivity contribution in [2.24, 2.45) is 0 Å². The molecule has 3 heterocycles. The topological polar surface area (TPSA) is 99.7 Å². The number of carbonyl (C=O) groups excluding carboxylic acids is 1. The standard InChI is InChI=1S/C18H19N5O3/c1-12-4-3-5-23-15(12)21-16(22-6-8-26-9-7-22)14(18(23)25)10-13(11-19)17(24)20-2/h3-5,10H,6-9H2,1-2H3,(H,20,24)/b13-10-. The first-order valence-electron chi connectivity index (χ1n) is 8.25. The molecule has 8 nitrogen and oxygen atoms in total. The third kappa shape index (κ3) is 3.17. The summed E-state index contributed by atoms with van der Waals surface area (Å²) in [6, 6.07) is 5.49. The second kappa shape index (κ2) is 7.37. The summed E-state index contributed by atoms with van der Waals surface area (Å²) in [7, 11) is 1.44. The van der Waals surface area contributed by atoms with Crippen molar-refractivity contribution in [3.8, 4) is 6.07 Å². The fourth-order valence-electron chi connectivity index (χ4n) is 2.87. The van der Waals surface area contributed by atoms with Crippen molar-refractivity contribution in [1.82, 2.24) is 14.7 Å². The molecule has 1 N–H and O–H groups in total. The SMILES string of the molecule is CNC(=O)/C(C#N)=C\c1c(N2CCOCC2)nc2c(C)cccn2c1=O. The average Bonchev–Trinajstić information content (AvgIpc) is 2.68. The molecule has 26 heavy (non-hydrogen) atoms. The fourth-order valence-corrected chi connectivity index (χ4v) is 2.87. The van der Waals surface area contributed by atoms with Crippen LogP contribution < -0.4 is 15.8 Å². The van der Waals surface area contributed by atoms with E-state index in [-0.39, 0.29) is 16.7 Å². The van der Waals surface area contributed by atoms with Gasteiger partial charge in [-0.1, -0.05) is 6.07 Å². The number of anilines is 1. The molecular formula is C18H19N5O3. The number of carbonyl (C=O) groups is 1. The molecule has 0 aromatic carbocycles. The zero-order valence-corrected chi connectivity index (χ0v) is 14.7. The number of ether oxygens (including phenoxy) is 1. The van der Waals surface area contributed by atoms with Crippen LogP contribution in [0.25, 0.3) is 11.7 Å². The second-order valence-electron chi connectivity index (χ2n) is 5.89. The predicted molar refractivity (Wildman–Crippen MR) is 96.9 cm³/mol. The number of aromatic nitrogens is 2. The molecule has 1 amide bonds. The van der Waals surface area contributed by atoms with E-state index < -0.39 is 5.91 Å². The van der Waals surface area contributed by atoms with Crippen LogP contribution in [0.5, 0.6) is 0 Å². The van der Waals surface area contributed by atoms with Gasteiger partial charge < -0.3 is 15.0 Å². The van der Waals surface area contributed by atoms with Crippen LogP contribution in [0.4, 0.5) is 5.82 Å². The molecule has 2 aromatic rings. The maximum absolute atomic E-state index is 13.1. The van der Waals surface area contributed by atoms with Crippen LogP contribution in [-0.4, -0.2) is 48.6 Å². The Labute approximate surface area is 150 Å². The Morgan fingerprint density at radius 1 is 1.42 bits per heavy atom. The highest BCUT2D eigenvalue weighted by Crippen LogP contribution is 2.21. The molecule has 8 heteroatoms. The molecule has 0 radical (unpaired) electrons. The van der Waals surface area contributed by atoms with Gasteiger partial charge in [-0.15, -0.1) is 0 Å². The summed E-state index contributed by atoms with van der Waals surface area (Å²) in [5, 5.41) is 11.7. The van der Waals surface area contributed by atoms with Crippen molar-refractivity contribution >= 4 is 23.4 Å². The number of hydrogen-bond donors (Lipinski definition) is 1. The number of amides is 1. The van der Waals surface area contributed by atoms with Gasteiger partial charge in [0.2, 0.25) is 0 Å². The monoisotopic (exact) mass is 353 g/mol. The lowest BCUT2D eigenvalue weighted by Crippen LogP contribution is -2.38. The Morgan fingerprint density at radius 2 is 2.15 bits per heavy atom. The number of pyridine rings is 1. The van der Waals surface area contributed by atoms with E-state index >= 15 is 0 Å².